The Kier molecular flexibility index (Phi) is 3.98. The van der Waals surface area contributed by atoms with Crippen LogP contribution in [0.25, 0.3) is 0 Å². The Morgan fingerprint density at radius 3 is 2.47 bits per heavy atom. The van der Waals surface area contributed by atoms with E-state index in [-0.39, 0.29) is 10.7 Å². The van der Waals surface area contributed by atoms with Gasteiger partial charge in [0.2, 0.25) is 11.0 Å². The Morgan fingerprint density at radius 2 is 2.00 bits per heavy atom. The van der Waals surface area contributed by atoms with E-state index in [1.807, 2.05) is 18.7 Å². The fourth-order valence-corrected chi connectivity index (χ4v) is 2.81. The van der Waals surface area contributed by atoms with Crippen molar-refractivity contribution in [1.82, 2.24) is 15.1 Å². The van der Waals surface area contributed by atoms with Gasteiger partial charge in [0, 0.05) is 26.2 Å². The highest BCUT2D eigenvalue weighted by Crippen LogP contribution is 2.21. The van der Waals surface area contributed by atoms with Crippen molar-refractivity contribution in [2.75, 3.05) is 31.1 Å². The first-order valence-electron chi connectivity index (χ1n) is 5.56. The molecule has 1 atom stereocenters. The summed E-state index contributed by atoms with van der Waals surface area (Å²) in [6.07, 6.45) is 0. The maximum Gasteiger partial charge on any atom is 0.236 e. The van der Waals surface area contributed by atoms with Gasteiger partial charge in [-0.3, -0.25) is 4.79 Å². The molecule has 1 amide bonds. The molecule has 0 aromatic carbocycles. The third-order valence-electron chi connectivity index (χ3n) is 2.72. The van der Waals surface area contributed by atoms with Crippen molar-refractivity contribution in [3.63, 3.8) is 0 Å². The van der Waals surface area contributed by atoms with Crippen LogP contribution in [-0.2, 0) is 4.79 Å². The molecule has 2 rings (SSSR count). The lowest BCUT2D eigenvalue weighted by Gasteiger charge is -2.34. The molecule has 1 aliphatic rings. The summed E-state index contributed by atoms with van der Waals surface area (Å²) < 4.78 is 0. The van der Waals surface area contributed by atoms with Gasteiger partial charge in [0.15, 0.2) is 0 Å². The first-order valence-corrected chi connectivity index (χ1v) is 7.29. The van der Waals surface area contributed by atoms with Crippen LogP contribution in [0.5, 0.6) is 0 Å². The largest absolute Gasteiger partial charge is 0.343 e. The maximum atomic E-state index is 11.8. The summed E-state index contributed by atoms with van der Waals surface area (Å²) in [7, 11) is 0. The van der Waals surface area contributed by atoms with Crippen LogP contribution in [0.2, 0.25) is 0 Å². The number of amides is 1. The molecule has 1 aromatic rings. The van der Waals surface area contributed by atoms with Crippen LogP contribution in [-0.4, -0.2) is 52.0 Å². The summed E-state index contributed by atoms with van der Waals surface area (Å²) in [5, 5.41) is 10.1. The van der Waals surface area contributed by atoms with Crippen LogP contribution >= 0.6 is 27.3 Å². The van der Waals surface area contributed by atoms with Gasteiger partial charge < -0.3 is 9.80 Å². The molecule has 1 aliphatic heterocycles. The second-order valence-electron chi connectivity index (χ2n) is 4.03. The average molecular weight is 319 g/mol. The molecule has 1 saturated heterocycles. The van der Waals surface area contributed by atoms with E-state index in [0.29, 0.717) is 0 Å². The Balaban J connectivity index is 1.92. The summed E-state index contributed by atoms with van der Waals surface area (Å²) in [4.78, 5) is 15.8. The molecular formula is C10H15BrN4OS. The van der Waals surface area contributed by atoms with Gasteiger partial charge in [-0.25, -0.2) is 0 Å². The molecule has 1 fully saturated rings. The van der Waals surface area contributed by atoms with E-state index in [1.54, 1.807) is 11.3 Å². The number of halogens is 1. The van der Waals surface area contributed by atoms with E-state index < -0.39 is 0 Å². The summed E-state index contributed by atoms with van der Waals surface area (Å²) in [6.45, 7) is 7.00. The summed E-state index contributed by atoms with van der Waals surface area (Å²) in [6, 6.07) is 0. The minimum absolute atomic E-state index is 0.0992. The number of aryl methyl sites for hydroxylation is 1. The SMILES string of the molecule is Cc1nnc(N2CCN(C(=O)C(C)Br)CC2)s1. The molecule has 94 valence electrons. The van der Waals surface area contributed by atoms with E-state index >= 15 is 0 Å². The maximum absolute atomic E-state index is 11.8. The Hall–Kier alpha value is -0.690. The van der Waals surface area contributed by atoms with Crippen LogP contribution in [0, 0.1) is 6.92 Å². The van der Waals surface area contributed by atoms with Crippen molar-refractivity contribution in [3.8, 4) is 0 Å². The molecule has 1 unspecified atom stereocenters. The predicted octanol–water partition coefficient (Wildman–Crippen LogP) is 1.28. The third kappa shape index (κ3) is 2.95. The van der Waals surface area contributed by atoms with Crippen molar-refractivity contribution in [1.29, 1.82) is 0 Å². The highest BCUT2D eigenvalue weighted by Gasteiger charge is 2.24. The summed E-state index contributed by atoms with van der Waals surface area (Å²) in [5.74, 6) is 0.165. The van der Waals surface area contributed by atoms with Crippen LogP contribution in [0.3, 0.4) is 0 Å². The number of piperazine rings is 1. The minimum Gasteiger partial charge on any atom is -0.343 e. The number of nitrogens with zero attached hydrogens (tertiary/aromatic N) is 4. The number of aromatic nitrogens is 2. The lowest BCUT2D eigenvalue weighted by atomic mass is 10.3. The van der Waals surface area contributed by atoms with Crippen molar-refractivity contribution < 1.29 is 4.79 Å². The molecule has 5 nitrogen and oxygen atoms in total. The van der Waals surface area contributed by atoms with Gasteiger partial charge in [-0.05, 0) is 13.8 Å². The molecule has 2 heterocycles. The van der Waals surface area contributed by atoms with E-state index in [9.17, 15) is 4.79 Å². The van der Waals surface area contributed by atoms with Gasteiger partial charge in [0.1, 0.15) is 5.01 Å². The Labute approximate surface area is 113 Å². The molecule has 0 radical (unpaired) electrons. The van der Waals surface area contributed by atoms with Gasteiger partial charge in [-0.2, -0.15) is 0 Å². The summed E-state index contributed by atoms with van der Waals surface area (Å²) >= 11 is 4.91. The molecule has 0 bridgehead atoms. The average Bonchev–Trinajstić information content (AvgIpc) is 2.75. The molecule has 7 heteroatoms. The molecule has 0 aliphatic carbocycles. The van der Waals surface area contributed by atoms with Crippen molar-refractivity contribution in [3.05, 3.63) is 5.01 Å². The van der Waals surface area contributed by atoms with Gasteiger partial charge in [-0.15, -0.1) is 10.2 Å². The monoisotopic (exact) mass is 318 g/mol. The van der Waals surface area contributed by atoms with E-state index in [4.69, 9.17) is 0 Å². The number of anilines is 1. The topological polar surface area (TPSA) is 49.3 Å². The number of alkyl halides is 1. The zero-order valence-corrected chi connectivity index (χ0v) is 12.3. The standard InChI is InChI=1S/C10H15BrN4OS/c1-7(11)9(16)14-3-5-15(6-4-14)10-13-12-8(2)17-10/h7H,3-6H2,1-2H3. The molecule has 0 spiro atoms. The Bertz CT molecular complexity index is 401. The zero-order valence-electron chi connectivity index (χ0n) is 9.89. The van der Waals surface area contributed by atoms with Crippen LogP contribution in [0.1, 0.15) is 11.9 Å². The highest BCUT2D eigenvalue weighted by molar-refractivity contribution is 9.10. The van der Waals surface area contributed by atoms with Crippen LogP contribution in [0.4, 0.5) is 5.13 Å². The lowest BCUT2D eigenvalue weighted by molar-refractivity contribution is -0.130. The Morgan fingerprint density at radius 1 is 1.35 bits per heavy atom. The molecule has 17 heavy (non-hydrogen) atoms. The molecule has 0 N–H and O–H groups in total. The summed E-state index contributed by atoms with van der Waals surface area (Å²) in [5.41, 5.74) is 0. The minimum atomic E-state index is -0.0992. The fourth-order valence-electron chi connectivity index (χ4n) is 1.78. The highest BCUT2D eigenvalue weighted by atomic mass is 79.9. The van der Waals surface area contributed by atoms with Crippen LogP contribution < -0.4 is 4.90 Å². The van der Waals surface area contributed by atoms with Gasteiger partial charge in [0.25, 0.3) is 0 Å². The fraction of sp³-hybridized carbons (Fsp3) is 0.700. The lowest BCUT2D eigenvalue weighted by Crippen LogP contribution is -2.50. The van der Waals surface area contributed by atoms with E-state index in [0.717, 1.165) is 36.3 Å². The molecule has 0 saturated carbocycles. The first kappa shape index (κ1) is 12.8. The quantitative estimate of drug-likeness (QED) is 0.771. The van der Waals surface area contributed by atoms with Crippen LogP contribution in [0.15, 0.2) is 0 Å². The number of hydrogen-bond acceptors (Lipinski definition) is 5. The second-order valence-corrected chi connectivity index (χ2v) is 6.57. The van der Waals surface area contributed by atoms with Crippen molar-refractivity contribution >= 4 is 38.3 Å². The normalized spacial score (nSPS) is 18.3. The smallest absolute Gasteiger partial charge is 0.236 e. The number of carbonyl (C=O) groups excluding carboxylic acids is 1. The van der Waals surface area contributed by atoms with E-state index in [1.165, 1.54) is 0 Å². The first-order chi connectivity index (χ1) is 8.08. The number of carbonyl (C=O) groups is 1. The number of hydrogen-bond donors (Lipinski definition) is 0. The second kappa shape index (κ2) is 5.30. The van der Waals surface area contributed by atoms with Crippen molar-refractivity contribution in [2.24, 2.45) is 0 Å². The van der Waals surface area contributed by atoms with Crippen molar-refractivity contribution in [2.45, 2.75) is 18.7 Å². The number of rotatable bonds is 2. The third-order valence-corrected chi connectivity index (χ3v) is 4.01. The molecule has 1 aromatic heterocycles. The van der Waals surface area contributed by atoms with Gasteiger partial charge in [-0.1, -0.05) is 27.3 Å². The zero-order chi connectivity index (χ0) is 12.4. The van der Waals surface area contributed by atoms with Gasteiger partial charge >= 0.3 is 0 Å². The molecular weight excluding hydrogens is 304 g/mol. The van der Waals surface area contributed by atoms with E-state index in [2.05, 4.69) is 31.0 Å². The van der Waals surface area contributed by atoms with Gasteiger partial charge in [0.05, 0.1) is 4.83 Å². The predicted molar refractivity (Wildman–Crippen MR) is 71.8 cm³/mol.